The maximum Gasteiger partial charge on any atom is 0.406 e. The Labute approximate surface area is 165 Å². The van der Waals surface area contributed by atoms with Gasteiger partial charge in [0.15, 0.2) is 0 Å². The summed E-state index contributed by atoms with van der Waals surface area (Å²) in [6, 6.07) is 0. The predicted molar refractivity (Wildman–Crippen MR) is 98.1 cm³/mol. The van der Waals surface area contributed by atoms with E-state index in [2.05, 4.69) is 20.9 Å². The van der Waals surface area contributed by atoms with Crippen molar-refractivity contribution in [2.24, 2.45) is 17.3 Å². The second-order valence-corrected chi connectivity index (χ2v) is 10.8. The molecule has 1 aromatic heterocycles. The minimum atomic E-state index is -4.30. The number of aromatic nitrogens is 2. The summed E-state index contributed by atoms with van der Waals surface area (Å²) in [4.78, 5) is 18.5. The molecule has 0 aliphatic heterocycles. The molecular formula is C19H25BrF3N3O. The summed E-state index contributed by atoms with van der Waals surface area (Å²) in [6.45, 7) is -0.978. The Hall–Kier alpha value is -1.05. The molecule has 8 heteroatoms. The fraction of sp³-hybridized carbons (Fsp3) is 0.789. The molecule has 4 saturated carbocycles. The van der Waals surface area contributed by atoms with Crippen molar-refractivity contribution >= 4 is 21.8 Å². The first-order valence-corrected chi connectivity index (χ1v) is 10.3. The summed E-state index contributed by atoms with van der Waals surface area (Å²) in [7, 11) is 1.67. The Morgan fingerprint density at radius 2 is 2.00 bits per heavy atom. The number of halogens is 4. The van der Waals surface area contributed by atoms with Crippen LogP contribution in [0.5, 0.6) is 0 Å². The highest BCUT2D eigenvalue weighted by molar-refractivity contribution is 9.10. The van der Waals surface area contributed by atoms with Gasteiger partial charge in [-0.05, 0) is 55.8 Å². The fourth-order valence-electron chi connectivity index (χ4n) is 6.13. The Kier molecular flexibility index (Phi) is 4.63. The molecule has 0 radical (unpaired) electrons. The average molecular weight is 448 g/mol. The SMILES string of the molecule is CN(Cc1nccn1CC(F)(F)F)C(=O)CC12CC3CC(CC(Br)(C3)C1)C2. The Bertz CT molecular complexity index is 718. The number of carbonyl (C=O) groups excluding carboxylic acids is 1. The maximum atomic E-state index is 12.9. The van der Waals surface area contributed by atoms with E-state index in [9.17, 15) is 18.0 Å². The van der Waals surface area contributed by atoms with Crippen molar-refractivity contribution in [3.63, 3.8) is 0 Å². The van der Waals surface area contributed by atoms with E-state index in [0.717, 1.165) is 23.8 Å². The van der Waals surface area contributed by atoms with Gasteiger partial charge in [0.25, 0.3) is 0 Å². The maximum absolute atomic E-state index is 12.9. The topological polar surface area (TPSA) is 38.1 Å². The van der Waals surface area contributed by atoms with Crippen LogP contribution in [-0.4, -0.2) is 37.9 Å². The van der Waals surface area contributed by atoms with Crippen LogP contribution in [0.25, 0.3) is 0 Å². The Balaban J connectivity index is 1.41. The summed E-state index contributed by atoms with van der Waals surface area (Å²) in [5.41, 5.74) is 0.0559. The van der Waals surface area contributed by atoms with E-state index in [-0.39, 0.29) is 28.0 Å². The highest BCUT2D eigenvalue weighted by Gasteiger charge is 2.57. The molecule has 5 rings (SSSR count). The largest absolute Gasteiger partial charge is 0.406 e. The fourth-order valence-corrected chi connectivity index (χ4v) is 7.64. The summed E-state index contributed by atoms with van der Waals surface area (Å²) in [6.07, 6.45) is 5.82. The van der Waals surface area contributed by atoms with Gasteiger partial charge in [-0.15, -0.1) is 0 Å². The van der Waals surface area contributed by atoms with Gasteiger partial charge in [0.2, 0.25) is 5.91 Å². The zero-order valence-electron chi connectivity index (χ0n) is 15.4. The van der Waals surface area contributed by atoms with Crippen molar-refractivity contribution in [1.29, 1.82) is 0 Å². The average Bonchev–Trinajstić information content (AvgIpc) is 2.88. The molecule has 4 bridgehead atoms. The van der Waals surface area contributed by atoms with E-state index in [1.807, 2.05) is 0 Å². The van der Waals surface area contributed by atoms with E-state index in [4.69, 9.17) is 0 Å². The summed E-state index contributed by atoms with van der Waals surface area (Å²) in [5, 5.41) is 0. The molecule has 4 fully saturated rings. The number of hydrogen-bond acceptors (Lipinski definition) is 2. The van der Waals surface area contributed by atoms with Crippen LogP contribution in [0.1, 0.15) is 50.8 Å². The lowest BCUT2D eigenvalue weighted by molar-refractivity contribution is -0.141. The quantitative estimate of drug-likeness (QED) is 0.621. The van der Waals surface area contributed by atoms with E-state index in [1.54, 1.807) is 7.05 Å². The molecule has 0 N–H and O–H groups in total. The zero-order valence-corrected chi connectivity index (χ0v) is 17.0. The molecule has 2 unspecified atom stereocenters. The number of rotatable bonds is 5. The van der Waals surface area contributed by atoms with Gasteiger partial charge in [-0.3, -0.25) is 4.79 Å². The molecule has 1 aromatic rings. The minimum absolute atomic E-state index is 0.00890. The van der Waals surface area contributed by atoms with Crippen molar-refractivity contribution in [2.45, 2.75) is 68.5 Å². The molecule has 2 atom stereocenters. The molecule has 0 saturated heterocycles. The van der Waals surface area contributed by atoms with Gasteiger partial charge in [0.05, 0.1) is 6.54 Å². The number of carbonyl (C=O) groups is 1. The first kappa shape index (κ1) is 19.3. The smallest absolute Gasteiger partial charge is 0.338 e. The van der Waals surface area contributed by atoms with E-state index >= 15 is 0 Å². The summed E-state index contributed by atoms with van der Waals surface area (Å²) in [5.74, 6) is 1.68. The van der Waals surface area contributed by atoms with Crippen LogP contribution >= 0.6 is 15.9 Å². The molecule has 1 heterocycles. The normalized spacial score (nSPS) is 34.9. The number of alkyl halides is 4. The molecule has 0 aromatic carbocycles. The lowest BCUT2D eigenvalue weighted by atomic mass is 9.48. The first-order chi connectivity index (χ1) is 12.5. The third-order valence-corrected chi connectivity index (χ3v) is 7.52. The van der Waals surface area contributed by atoms with Gasteiger partial charge in [-0.2, -0.15) is 13.2 Å². The van der Waals surface area contributed by atoms with Crippen molar-refractivity contribution in [1.82, 2.24) is 14.5 Å². The van der Waals surface area contributed by atoms with E-state index in [1.165, 1.54) is 36.6 Å². The lowest BCUT2D eigenvalue weighted by Crippen LogP contribution is -2.54. The van der Waals surface area contributed by atoms with Crippen LogP contribution < -0.4 is 0 Å². The van der Waals surface area contributed by atoms with Crippen molar-refractivity contribution in [3.8, 4) is 0 Å². The van der Waals surface area contributed by atoms with Crippen LogP contribution in [0.3, 0.4) is 0 Å². The molecule has 4 aliphatic rings. The van der Waals surface area contributed by atoms with Crippen LogP contribution in [0.15, 0.2) is 12.4 Å². The number of imidazole rings is 1. The molecule has 27 heavy (non-hydrogen) atoms. The third kappa shape index (κ3) is 4.05. The highest BCUT2D eigenvalue weighted by atomic mass is 79.9. The third-order valence-electron chi connectivity index (χ3n) is 6.59. The lowest BCUT2D eigenvalue weighted by Gasteiger charge is -2.60. The van der Waals surface area contributed by atoms with Gasteiger partial charge in [0.1, 0.15) is 12.4 Å². The van der Waals surface area contributed by atoms with Crippen LogP contribution in [0.2, 0.25) is 0 Å². The van der Waals surface area contributed by atoms with E-state index in [0.29, 0.717) is 18.3 Å². The van der Waals surface area contributed by atoms with Crippen molar-refractivity contribution in [2.75, 3.05) is 7.05 Å². The molecule has 1 amide bonds. The number of nitrogens with zero attached hydrogens (tertiary/aromatic N) is 3. The zero-order chi connectivity index (χ0) is 19.4. The second kappa shape index (κ2) is 6.49. The van der Waals surface area contributed by atoms with Crippen LogP contribution in [-0.2, 0) is 17.9 Å². The minimum Gasteiger partial charge on any atom is -0.338 e. The van der Waals surface area contributed by atoms with Crippen LogP contribution in [0.4, 0.5) is 13.2 Å². The van der Waals surface area contributed by atoms with Gasteiger partial charge >= 0.3 is 6.18 Å². The van der Waals surface area contributed by atoms with Crippen LogP contribution in [0, 0.1) is 17.3 Å². The summed E-state index contributed by atoms with van der Waals surface area (Å²) < 4.78 is 39.3. The molecule has 150 valence electrons. The first-order valence-electron chi connectivity index (χ1n) is 9.55. The Morgan fingerprint density at radius 1 is 1.33 bits per heavy atom. The number of amides is 1. The van der Waals surface area contributed by atoms with Gasteiger partial charge in [-0.25, -0.2) is 4.98 Å². The monoisotopic (exact) mass is 447 g/mol. The molecule has 0 spiro atoms. The van der Waals surface area contributed by atoms with Gasteiger partial charge in [0, 0.05) is 30.2 Å². The molecule has 4 nitrogen and oxygen atoms in total. The highest BCUT2D eigenvalue weighted by Crippen LogP contribution is 2.65. The van der Waals surface area contributed by atoms with Gasteiger partial charge in [-0.1, -0.05) is 15.9 Å². The Morgan fingerprint density at radius 3 is 2.59 bits per heavy atom. The number of hydrogen-bond donors (Lipinski definition) is 0. The standard InChI is InChI=1S/C19H25BrF3N3O/c1-25(10-15-24-2-3-26(15)12-19(21,22)23)16(27)9-17-5-13-4-14(6-17)8-18(20,7-13)11-17/h2-3,13-14H,4-12H2,1H3. The second-order valence-electron chi connectivity index (χ2n) is 9.13. The van der Waals surface area contributed by atoms with Crippen molar-refractivity contribution < 1.29 is 18.0 Å². The van der Waals surface area contributed by atoms with Crippen molar-refractivity contribution in [3.05, 3.63) is 18.2 Å². The van der Waals surface area contributed by atoms with E-state index < -0.39 is 12.7 Å². The molecular weight excluding hydrogens is 423 g/mol. The summed E-state index contributed by atoms with van der Waals surface area (Å²) >= 11 is 3.96. The molecule has 4 aliphatic carbocycles. The predicted octanol–water partition coefficient (Wildman–Crippen LogP) is 4.53. The van der Waals surface area contributed by atoms with Gasteiger partial charge < -0.3 is 9.47 Å².